The van der Waals surface area contributed by atoms with Gasteiger partial charge in [0.05, 0.1) is 31.0 Å². The van der Waals surface area contributed by atoms with E-state index in [2.05, 4.69) is 5.10 Å². The van der Waals surface area contributed by atoms with E-state index in [4.69, 9.17) is 10.5 Å². The number of morpholine rings is 1. The normalized spacial score (nSPS) is 23.1. The monoisotopic (exact) mass is 378 g/mol. The smallest absolute Gasteiger partial charge is 0.242 e. The Morgan fingerprint density at radius 1 is 1.38 bits per heavy atom. The number of ether oxygens (including phenoxy) is 1. The molecule has 1 atom stereocenters. The highest BCUT2D eigenvalue weighted by atomic mass is 35.5. The van der Waals surface area contributed by atoms with Crippen LogP contribution in [0.15, 0.2) is 12.4 Å². The molecule has 24 heavy (non-hydrogen) atoms. The molecule has 2 heterocycles. The fraction of sp³-hybridized carbons (Fsp3) is 0.750. The zero-order valence-electron chi connectivity index (χ0n) is 14.1. The highest BCUT2D eigenvalue weighted by Gasteiger charge is 2.39. The van der Waals surface area contributed by atoms with Gasteiger partial charge in [0.2, 0.25) is 5.91 Å². The molecule has 1 aromatic heterocycles. The Labute approximate surface area is 155 Å². The van der Waals surface area contributed by atoms with Crippen molar-refractivity contribution in [3.8, 4) is 0 Å². The van der Waals surface area contributed by atoms with Gasteiger partial charge >= 0.3 is 0 Å². The third-order valence-corrected chi connectivity index (χ3v) is 4.75. The first kappa shape index (κ1) is 21.2. The lowest BCUT2D eigenvalue weighted by atomic mass is 9.81. The largest absolute Gasteiger partial charge is 0.373 e. The molecule has 1 amide bonds. The zero-order chi connectivity index (χ0) is 15.6. The predicted octanol–water partition coefficient (Wildman–Crippen LogP) is 1.92. The molecule has 0 spiro atoms. The molecule has 0 radical (unpaired) electrons. The summed E-state index contributed by atoms with van der Waals surface area (Å²) >= 11 is 0. The Bertz CT molecular complexity index is 532. The average Bonchev–Trinajstić information content (AvgIpc) is 2.92. The first-order chi connectivity index (χ1) is 10.6. The molecule has 2 fully saturated rings. The van der Waals surface area contributed by atoms with Crippen LogP contribution in [0.25, 0.3) is 0 Å². The van der Waals surface area contributed by atoms with Gasteiger partial charge in [0.25, 0.3) is 0 Å². The number of nitrogens with two attached hydrogens (primary N) is 1. The van der Waals surface area contributed by atoms with Crippen molar-refractivity contribution < 1.29 is 9.53 Å². The summed E-state index contributed by atoms with van der Waals surface area (Å²) in [6.45, 7) is 4.52. The number of amides is 1. The Kier molecular flexibility index (Phi) is 7.99. The number of nitrogens with zero attached hydrogens (tertiary/aromatic N) is 3. The van der Waals surface area contributed by atoms with E-state index in [1.54, 1.807) is 0 Å². The van der Waals surface area contributed by atoms with Crippen LogP contribution in [-0.4, -0.2) is 51.9 Å². The molecule has 2 N–H and O–H groups in total. The van der Waals surface area contributed by atoms with E-state index in [0.717, 1.165) is 31.2 Å². The summed E-state index contributed by atoms with van der Waals surface area (Å²) in [4.78, 5) is 14.7. The maximum atomic E-state index is 12.8. The molecule has 1 unspecified atom stereocenters. The number of hydrogen-bond acceptors (Lipinski definition) is 4. The third-order valence-electron chi connectivity index (χ3n) is 4.75. The van der Waals surface area contributed by atoms with Crippen LogP contribution >= 0.6 is 24.8 Å². The Morgan fingerprint density at radius 3 is 2.71 bits per heavy atom. The highest BCUT2D eigenvalue weighted by Crippen LogP contribution is 2.28. The van der Waals surface area contributed by atoms with E-state index >= 15 is 0 Å². The van der Waals surface area contributed by atoms with Crippen molar-refractivity contribution >= 4 is 30.7 Å². The minimum atomic E-state index is -0.650. The van der Waals surface area contributed by atoms with Crippen molar-refractivity contribution in [2.45, 2.75) is 57.2 Å². The van der Waals surface area contributed by atoms with Crippen LogP contribution in [0.2, 0.25) is 0 Å². The predicted molar refractivity (Wildman–Crippen MR) is 97.8 cm³/mol. The molecule has 138 valence electrons. The van der Waals surface area contributed by atoms with Crippen molar-refractivity contribution in [1.82, 2.24) is 14.7 Å². The summed E-state index contributed by atoms with van der Waals surface area (Å²) < 4.78 is 7.68. The molecule has 6 nitrogen and oxygen atoms in total. The van der Waals surface area contributed by atoms with Crippen LogP contribution in [0.5, 0.6) is 0 Å². The molecular weight excluding hydrogens is 351 g/mol. The molecule has 1 aliphatic carbocycles. The van der Waals surface area contributed by atoms with Crippen LogP contribution in [0.1, 0.15) is 37.7 Å². The van der Waals surface area contributed by atoms with E-state index in [1.165, 1.54) is 6.42 Å². The Morgan fingerprint density at radius 2 is 2.08 bits per heavy atom. The van der Waals surface area contributed by atoms with Gasteiger partial charge in [0.1, 0.15) is 0 Å². The van der Waals surface area contributed by atoms with Gasteiger partial charge in [-0.2, -0.15) is 5.10 Å². The van der Waals surface area contributed by atoms with Crippen LogP contribution in [-0.2, 0) is 16.1 Å². The van der Waals surface area contributed by atoms with E-state index in [9.17, 15) is 4.79 Å². The maximum Gasteiger partial charge on any atom is 0.242 e. The lowest BCUT2D eigenvalue weighted by molar-refractivity contribution is -0.146. The van der Waals surface area contributed by atoms with Crippen molar-refractivity contribution in [3.63, 3.8) is 0 Å². The van der Waals surface area contributed by atoms with Crippen LogP contribution < -0.4 is 5.73 Å². The molecule has 8 heteroatoms. The summed E-state index contributed by atoms with van der Waals surface area (Å²) in [6.07, 6.45) is 8.75. The number of rotatable bonds is 3. The van der Waals surface area contributed by atoms with Crippen molar-refractivity contribution in [2.24, 2.45) is 5.73 Å². The third kappa shape index (κ3) is 4.85. The molecule has 3 rings (SSSR count). The number of carbonyl (C=O) groups is 1. The minimum absolute atomic E-state index is 0. The van der Waals surface area contributed by atoms with E-state index in [0.29, 0.717) is 26.2 Å². The second-order valence-corrected chi connectivity index (χ2v) is 6.70. The van der Waals surface area contributed by atoms with Gasteiger partial charge in [-0.15, -0.1) is 24.8 Å². The van der Waals surface area contributed by atoms with Crippen molar-refractivity contribution in [2.75, 3.05) is 19.7 Å². The SMILES string of the molecule is Cc1cnn(CC2CN(C(=O)C3(N)CCCCC3)CCO2)c1.Cl.Cl. The number of aryl methyl sites for hydroxylation is 1. The minimum Gasteiger partial charge on any atom is -0.373 e. The summed E-state index contributed by atoms with van der Waals surface area (Å²) in [5, 5.41) is 4.29. The van der Waals surface area contributed by atoms with Gasteiger partial charge in [-0.3, -0.25) is 9.48 Å². The van der Waals surface area contributed by atoms with Crippen molar-refractivity contribution in [3.05, 3.63) is 18.0 Å². The Hall–Kier alpha value is -0.820. The number of halogens is 2. The van der Waals surface area contributed by atoms with Gasteiger partial charge < -0.3 is 15.4 Å². The van der Waals surface area contributed by atoms with E-state index in [-0.39, 0.29) is 36.8 Å². The fourth-order valence-electron chi connectivity index (χ4n) is 3.50. The first-order valence-corrected chi connectivity index (χ1v) is 8.26. The first-order valence-electron chi connectivity index (χ1n) is 8.26. The standard InChI is InChI=1S/C16H26N4O2.2ClH/c1-13-9-18-20(10-13)12-14-11-19(7-8-22-14)15(21)16(17)5-3-2-4-6-16;;/h9-10,14H,2-8,11-12,17H2,1H3;2*1H. The molecule has 0 aromatic carbocycles. The van der Waals surface area contributed by atoms with Gasteiger partial charge in [0, 0.05) is 19.3 Å². The van der Waals surface area contributed by atoms with Crippen molar-refractivity contribution in [1.29, 1.82) is 0 Å². The number of carbonyl (C=O) groups excluding carboxylic acids is 1. The van der Waals surface area contributed by atoms with E-state index < -0.39 is 5.54 Å². The summed E-state index contributed by atoms with van der Waals surface area (Å²) in [6, 6.07) is 0. The summed E-state index contributed by atoms with van der Waals surface area (Å²) in [7, 11) is 0. The number of aromatic nitrogens is 2. The van der Waals surface area contributed by atoms with Gasteiger partial charge in [0.15, 0.2) is 0 Å². The zero-order valence-corrected chi connectivity index (χ0v) is 15.8. The molecule has 1 saturated heterocycles. The van der Waals surface area contributed by atoms with E-state index in [1.807, 2.05) is 28.9 Å². The van der Waals surface area contributed by atoms with Crippen LogP contribution in [0.3, 0.4) is 0 Å². The molecule has 0 bridgehead atoms. The van der Waals surface area contributed by atoms with Gasteiger partial charge in [-0.25, -0.2) is 0 Å². The number of hydrogen-bond donors (Lipinski definition) is 1. The fourth-order valence-corrected chi connectivity index (χ4v) is 3.50. The van der Waals surface area contributed by atoms with Crippen LogP contribution in [0, 0.1) is 6.92 Å². The second-order valence-electron chi connectivity index (χ2n) is 6.70. The van der Waals surface area contributed by atoms with Crippen LogP contribution in [0.4, 0.5) is 0 Å². The maximum absolute atomic E-state index is 12.8. The second kappa shape index (κ2) is 9.04. The van der Waals surface area contributed by atoms with Gasteiger partial charge in [-0.05, 0) is 25.3 Å². The lowest BCUT2D eigenvalue weighted by Crippen LogP contribution is -2.59. The molecule has 1 aliphatic heterocycles. The Balaban J connectivity index is 0.00000144. The van der Waals surface area contributed by atoms with Gasteiger partial charge in [-0.1, -0.05) is 19.3 Å². The molecule has 2 aliphatic rings. The molecule has 1 saturated carbocycles. The lowest BCUT2D eigenvalue weighted by Gasteiger charge is -2.40. The molecule has 1 aromatic rings. The highest BCUT2D eigenvalue weighted by molar-refractivity contribution is 5.86. The summed E-state index contributed by atoms with van der Waals surface area (Å²) in [5.41, 5.74) is 6.87. The average molecular weight is 379 g/mol. The quantitative estimate of drug-likeness (QED) is 0.871. The topological polar surface area (TPSA) is 73.4 Å². The molecular formula is C16H28Cl2N4O2. The summed E-state index contributed by atoms with van der Waals surface area (Å²) in [5.74, 6) is 0.108.